The lowest BCUT2D eigenvalue weighted by molar-refractivity contribution is -0.384. The number of hydrogen-bond acceptors (Lipinski definition) is 9. The van der Waals surface area contributed by atoms with Crippen LogP contribution in [-0.4, -0.2) is 36.0 Å². The molecule has 0 fully saturated rings. The minimum atomic E-state index is -4.99. The van der Waals surface area contributed by atoms with E-state index in [-0.39, 0.29) is 16.5 Å². The van der Waals surface area contributed by atoms with Gasteiger partial charge in [0.15, 0.2) is 11.4 Å². The van der Waals surface area contributed by atoms with Gasteiger partial charge in [0.25, 0.3) is 25.9 Å². The maximum Gasteiger partial charge on any atom is 0.296 e. The first-order valence-corrected chi connectivity index (χ1v) is 10.7. The predicted molar refractivity (Wildman–Crippen MR) is 103 cm³/mol. The Morgan fingerprint density at radius 1 is 0.900 bits per heavy atom. The maximum atomic E-state index is 11.8. The Labute approximate surface area is 168 Å². The number of benzene rings is 3. The molecule has 3 aromatic carbocycles. The van der Waals surface area contributed by atoms with Crippen molar-refractivity contribution in [1.29, 1.82) is 0 Å². The molecule has 0 unspecified atom stereocenters. The summed E-state index contributed by atoms with van der Waals surface area (Å²) in [6.07, 6.45) is 0. The van der Waals surface area contributed by atoms with E-state index in [0.717, 1.165) is 30.3 Å². The molecule has 0 atom stereocenters. The molecule has 0 heterocycles. The molecule has 0 saturated heterocycles. The summed E-state index contributed by atoms with van der Waals surface area (Å²) in [7, 11) is -9.61. The highest BCUT2D eigenvalue weighted by atomic mass is 32.2. The highest BCUT2D eigenvalue weighted by Gasteiger charge is 2.23. The maximum absolute atomic E-state index is 11.8. The summed E-state index contributed by atoms with van der Waals surface area (Å²) in [5.41, 5.74) is -1.40. The number of hydrogen-bond donors (Lipinski definition) is 3. The number of nitrogens with zero attached hydrogens (tertiary/aromatic N) is 3. The molecule has 0 bridgehead atoms. The normalized spacial score (nSPS) is 12.5. The van der Waals surface area contributed by atoms with Gasteiger partial charge in [-0.15, -0.1) is 10.2 Å². The second-order valence-electron chi connectivity index (χ2n) is 5.85. The van der Waals surface area contributed by atoms with E-state index in [1.807, 2.05) is 0 Å². The Morgan fingerprint density at radius 3 is 2.17 bits per heavy atom. The molecule has 30 heavy (non-hydrogen) atoms. The van der Waals surface area contributed by atoms with Crippen LogP contribution in [0.5, 0.6) is 5.75 Å². The fourth-order valence-electron chi connectivity index (χ4n) is 2.59. The fraction of sp³-hybridized carbons (Fsp3) is 0. The number of rotatable bonds is 5. The number of phenolic OH excluding ortho intramolecular Hbond substituents is 1. The molecule has 0 aromatic heterocycles. The van der Waals surface area contributed by atoms with Gasteiger partial charge in [0.1, 0.15) is 10.6 Å². The summed E-state index contributed by atoms with van der Waals surface area (Å²) >= 11 is 0. The Bertz CT molecular complexity index is 1430. The van der Waals surface area contributed by atoms with Crippen LogP contribution in [0, 0.1) is 10.1 Å². The molecule has 156 valence electrons. The lowest BCUT2D eigenvalue weighted by Gasteiger charge is -2.09. The van der Waals surface area contributed by atoms with E-state index >= 15 is 0 Å². The lowest BCUT2D eigenvalue weighted by atomic mass is 10.1. The lowest BCUT2D eigenvalue weighted by Crippen LogP contribution is -2.00. The zero-order valence-corrected chi connectivity index (χ0v) is 16.2. The van der Waals surface area contributed by atoms with Gasteiger partial charge in [-0.25, -0.2) is 0 Å². The monoisotopic (exact) mass is 453 g/mol. The summed E-state index contributed by atoms with van der Waals surface area (Å²) < 4.78 is 64.8. The van der Waals surface area contributed by atoms with Gasteiger partial charge in [-0.05, 0) is 35.7 Å². The summed E-state index contributed by atoms with van der Waals surface area (Å²) in [5, 5.41) is 28.5. The molecule has 14 heteroatoms. The van der Waals surface area contributed by atoms with Gasteiger partial charge < -0.3 is 5.11 Å². The molecule has 0 saturated carbocycles. The quantitative estimate of drug-likeness (QED) is 0.224. The second-order valence-corrected chi connectivity index (χ2v) is 8.66. The van der Waals surface area contributed by atoms with Crippen LogP contribution in [0.2, 0.25) is 0 Å². The summed E-state index contributed by atoms with van der Waals surface area (Å²) in [6, 6.07) is 8.87. The van der Waals surface area contributed by atoms with E-state index < -0.39 is 52.1 Å². The molecule has 3 N–H and O–H groups in total. The summed E-state index contributed by atoms with van der Waals surface area (Å²) in [6.45, 7) is 0. The van der Waals surface area contributed by atoms with Crippen molar-refractivity contribution < 1.29 is 36.0 Å². The van der Waals surface area contributed by atoms with Crippen molar-refractivity contribution >= 4 is 48.1 Å². The van der Waals surface area contributed by atoms with Crippen LogP contribution in [0.15, 0.2) is 68.6 Å². The molecule has 0 aliphatic rings. The third kappa shape index (κ3) is 4.11. The number of fused-ring (bicyclic) bond motifs is 1. The largest absolute Gasteiger partial charge is 0.505 e. The third-order valence-electron chi connectivity index (χ3n) is 3.93. The molecule has 12 nitrogen and oxygen atoms in total. The van der Waals surface area contributed by atoms with Gasteiger partial charge in [-0.3, -0.25) is 19.2 Å². The van der Waals surface area contributed by atoms with Gasteiger partial charge in [0.05, 0.1) is 9.82 Å². The number of phenols is 1. The van der Waals surface area contributed by atoms with Crippen molar-refractivity contribution in [1.82, 2.24) is 0 Å². The number of para-hydroxylation sites is 1. The molecular formula is C16H11N3O9S2. The minimum Gasteiger partial charge on any atom is -0.505 e. The van der Waals surface area contributed by atoms with Gasteiger partial charge in [0, 0.05) is 11.5 Å². The second kappa shape index (κ2) is 7.42. The number of nitro benzene ring substituents is 1. The Hall–Kier alpha value is -3.46. The van der Waals surface area contributed by atoms with E-state index in [9.17, 15) is 36.6 Å². The van der Waals surface area contributed by atoms with Crippen molar-refractivity contribution in [2.75, 3.05) is 0 Å². The van der Waals surface area contributed by atoms with E-state index in [2.05, 4.69) is 10.2 Å². The van der Waals surface area contributed by atoms with E-state index in [0.29, 0.717) is 0 Å². The molecule has 0 radical (unpaired) electrons. The Kier molecular flexibility index (Phi) is 5.25. The van der Waals surface area contributed by atoms with E-state index in [4.69, 9.17) is 4.55 Å². The zero-order valence-electron chi connectivity index (χ0n) is 14.6. The molecule has 3 rings (SSSR count). The predicted octanol–water partition coefficient (Wildman–Crippen LogP) is 3.36. The van der Waals surface area contributed by atoms with Crippen LogP contribution >= 0.6 is 0 Å². The molecule has 0 aliphatic carbocycles. The SMILES string of the molecule is O=[N+]([O-])c1ccccc1N=Nc1c(S(=O)(=O)O)cc2cc(S(=O)(=O)O)ccc2c1O. The van der Waals surface area contributed by atoms with Crippen LogP contribution in [0.4, 0.5) is 17.1 Å². The smallest absolute Gasteiger partial charge is 0.296 e. The highest BCUT2D eigenvalue weighted by Crippen LogP contribution is 2.42. The van der Waals surface area contributed by atoms with Gasteiger partial charge in [0.2, 0.25) is 0 Å². The van der Waals surface area contributed by atoms with Crippen molar-refractivity contribution in [3.8, 4) is 5.75 Å². The van der Waals surface area contributed by atoms with Crippen LogP contribution < -0.4 is 0 Å². The van der Waals surface area contributed by atoms with Crippen molar-refractivity contribution in [3.63, 3.8) is 0 Å². The average Bonchev–Trinajstić information content (AvgIpc) is 2.65. The van der Waals surface area contributed by atoms with Crippen LogP contribution in [-0.2, 0) is 20.2 Å². The number of nitro groups is 1. The molecule has 0 aliphatic heterocycles. The molecule has 0 amide bonds. The summed E-state index contributed by atoms with van der Waals surface area (Å²) in [4.78, 5) is 8.82. The first kappa shape index (κ1) is 21.3. The average molecular weight is 453 g/mol. The van der Waals surface area contributed by atoms with Crippen LogP contribution in [0.25, 0.3) is 10.8 Å². The topological polar surface area (TPSA) is 197 Å². The van der Waals surface area contributed by atoms with Gasteiger partial charge in [-0.2, -0.15) is 16.8 Å². The zero-order chi connectivity index (χ0) is 22.3. The van der Waals surface area contributed by atoms with Crippen LogP contribution in [0.3, 0.4) is 0 Å². The van der Waals surface area contributed by atoms with Gasteiger partial charge in [-0.1, -0.05) is 12.1 Å². The van der Waals surface area contributed by atoms with Crippen molar-refractivity contribution in [2.24, 2.45) is 10.2 Å². The third-order valence-corrected chi connectivity index (χ3v) is 5.65. The van der Waals surface area contributed by atoms with Crippen molar-refractivity contribution in [2.45, 2.75) is 9.79 Å². The first-order chi connectivity index (χ1) is 13.9. The fourth-order valence-corrected chi connectivity index (χ4v) is 3.76. The number of aromatic hydroxyl groups is 1. The summed E-state index contributed by atoms with van der Waals surface area (Å²) in [5.74, 6) is -0.788. The Morgan fingerprint density at radius 2 is 1.57 bits per heavy atom. The first-order valence-electron chi connectivity index (χ1n) is 7.79. The standard InChI is InChI=1S/C16H11N3O9S2/c20-16-11-6-5-10(29(23,24)25)7-9(11)8-14(30(26,27)28)15(16)18-17-12-3-1-2-4-13(12)19(21)22/h1-8,20H,(H,23,24,25)(H,26,27,28). The van der Waals surface area contributed by atoms with Gasteiger partial charge >= 0.3 is 0 Å². The highest BCUT2D eigenvalue weighted by molar-refractivity contribution is 7.86. The molecule has 3 aromatic rings. The minimum absolute atomic E-state index is 0.0775. The molecular weight excluding hydrogens is 442 g/mol. The van der Waals surface area contributed by atoms with E-state index in [1.165, 1.54) is 18.2 Å². The number of azo groups is 1. The van der Waals surface area contributed by atoms with Crippen molar-refractivity contribution in [3.05, 3.63) is 58.6 Å². The molecule has 0 spiro atoms. The van der Waals surface area contributed by atoms with E-state index in [1.54, 1.807) is 0 Å². The van der Waals surface area contributed by atoms with Crippen LogP contribution in [0.1, 0.15) is 0 Å². The Balaban J connectivity index is 2.29.